The smallest absolute Gasteiger partial charge is 0.00412 e. The number of rotatable bonds is 1. The van der Waals surface area contributed by atoms with Crippen LogP contribution in [0.5, 0.6) is 0 Å². The molecule has 82 valence electrons. The number of hydrogen-bond acceptors (Lipinski definition) is 0. The molecule has 0 amide bonds. The maximum Gasteiger partial charge on any atom is 0.00412 e. The summed E-state index contributed by atoms with van der Waals surface area (Å²) in [6, 6.07) is 0. The highest BCUT2D eigenvalue weighted by atomic mass is 14.5. The predicted octanol–water partition coefficient (Wildman–Crippen LogP) is 4.17. The first kappa shape index (κ1) is 8.84. The molecule has 0 N–H and O–H groups in total. The molecule has 0 aromatic rings. The first-order valence-corrected chi connectivity index (χ1v) is 7.04. The molecule has 4 aliphatic carbocycles. The van der Waals surface area contributed by atoms with Crippen LogP contribution in [0, 0.1) is 29.6 Å². The molecule has 0 spiro atoms. The van der Waals surface area contributed by atoms with Crippen molar-refractivity contribution in [3.8, 4) is 0 Å². The van der Waals surface area contributed by atoms with Crippen molar-refractivity contribution in [1.29, 1.82) is 0 Å². The van der Waals surface area contributed by atoms with Gasteiger partial charge in [0.05, 0.1) is 0 Å². The summed E-state index contributed by atoms with van der Waals surface area (Å²) in [6.07, 6.45) is 10.7. The molecule has 5 unspecified atom stereocenters. The fourth-order valence-electron chi connectivity index (χ4n) is 4.55. The van der Waals surface area contributed by atoms with Gasteiger partial charge in [-0.1, -0.05) is 18.1 Å². The number of hydrogen-bond donors (Lipinski definition) is 0. The number of fused-ring (bicyclic) bond motifs is 1. The molecule has 15 heavy (non-hydrogen) atoms. The Hall–Kier alpha value is -0.260. The van der Waals surface area contributed by atoms with E-state index in [4.69, 9.17) is 0 Å². The fraction of sp³-hybridized carbons (Fsp3) is 0.867. The van der Waals surface area contributed by atoms with E-state index < -0.39 is 0 Å². The second kappa shape index (κ2) is 2.90. The van der Waals surface area contributed by atoms with Gasteiger partial charge in [-0.3, -0.25) is 0 Å². The van der Waals surface area contributed by atoms with Gasteiger partial charge in [-0.2, -0.15) is 0 Å². The third kappa shape index (κ3) is 1.33. The summed E-state index contributed by atoms with van der Waals surface area (Å²) in [5, 5.41) is 0. The Kier molecular flexibility index (Phi) is 1.71. The van der Waals surface area contributed by atoms with Crippen LogP contribution >= 0.6 is 0 Å². The summed E-state index contributed by atoms with van der Waals surface area (Å²) < 4.78 is 0. The summed E-state index contributed by atoms with van der Waals surface area (Å²) in [5.41, 5.74) is 3.86. The highest BCUT2D eigenvalue weighted by Gasteiger charge is 2.50. The highest BCUT2D eigenvalue weighted by Crippen LogP contribution is 2.61. The Morgan fingerprint density at radius 3 is 2.47 bits per heavy atom. The molecule has 0 bridgehead atoms. The van der Waals surface area contributed by atoms with E-state index in [-0.39, 0.29) is 0 Å². The first-order valence-electron chi connectivity index (χ1n) is 7.04. The second-order valence-electron chi connectivity index (χ2n) is 6.71. The van der Waals surface area contributed by atoms with E-state index in [1.165, 1.54) is 31.1 Å². The third-order valence-electron chi connectivity index (χ3n) is 5.61. The van der Waals surface area contributed by atoms with Crippen LogP contribution in [0.3, 0.4) is 0 Å². The molecular formula is C15H22. The lowest BCUT2D eigenvalue weighted by atomic mass is 9.83. The zero-order valence-corrected chi connectivity index (χ0v) is 9.84. The molecule has 0 radical (unpaired) electrons. The predicted molar refractivity (Wildman–Crippen MR) is 62.5 cm³/mol. The molecule has 0 heteroatoms. The summed E-state index contributed by atoms with van der Waals surface area (Å²) in [7, 11) is 0. The molecule has 0 heterocycles. The molecule has 4 rings (SSSR count). The topological polar surface area (TPSA) is 0 Å². The Balaban J connectivity index is 1.44. The Morgan fingerprint density at radius 1 is 0.867 bits per heavy atom. The van der Waals surface area contributed by atoms with Crippen molar-refractivity contribution >= 4 is 0 Å². The maximum atomic E-state index is 2.44. The standard InChI is InChI=1S/C15H22/c1-9-2-5-13-14(6-9)15(13)11-4-3-10-7-12(10)8-11/h9-12,15H,2-8H2,1H3. The average molecular weight is 202 g/mol. The molecule has 5 atom stereocenters. The largest absolute Gasteiger partial charge is 0.0629 e. The SMILES string of the molecule is CC1CCC2=C(C1)C2C1CCC2CC2C1. The average Bonchev–Trinajstić information content (AvgIpc) is 3.09. The van der Waals surface area contributed by atoms with Crippen molar-refractivity contribution < 1.29 is 0 Å². The van der Waals surface area contributed by atoms with E-state index in [2.05, 4.69) is 6.92 Å². The molecule has 0 aromatic carbocycles. The lowest BCUT2D eigenvalue weighted by Crippen LogP contribution is -2.12. The van der Waals surface area contributed by atoms with Gasteiger partial charge in [0.2, 0.25) is 0 Å². The Bertz CT molecular complexity index is 325. The second-order valence-corrected chi connectivity index (χ2v) is 6.71. The Labute approximate surface area is 93.1 Å². The van der Waals surface area contributed by atoms with E-state index in [0.717, 1.165) is 17.8 Å². The minimum Gasteiger partial charge on any atom is -0.0629 e. The van der Waals surface area contributed by atoms with E-state index >= 15 is 0 Å². The van der Waals surface area contributed by atoms with Crippen LogP contribution in [-0.2, 0) is 0 Å². The van der Waals surface area contributed by atoms with Crippen molar-refractivity contribution in [1.82, 2.24) is 0 Å². The van der Waals surface area contributed by atoms with E-state index in [9.17, 15) is 0 Å². The van der Waals surface area contributed by atoms with Gasteiger partial charge in [0.1, 0.15) is 0 Å². The van der Waals surface area contributed by atoms with Crippen LogP contribution < -0.4 is 0 Å². The van der Waals surface area contributed by atoms with Gasteiger partial charge in [0.25, 0.3) is 0 Å². The zero-order chi connectivity index (χ0) is 9.99. The lowest BCUT2D eigenvalue weighted by molar-refractivity contribution is 0.313. The van der Waals surface area contributed by atoms with Gasteiger partial charge in [0.15, 0.2) is 0 Å². The van der Waals surface area contributed by atoms with Crippen LogP contribution in [-0.4, -0.2) is 0 Å². The normalized spacial score (nSPS) is 52.2. The van der Waals surface area contributed by atoms with Crippen molar-refractivity contribution in [2.24, 2.45) is 29.6 Å². The molecule has 0 aromatic heterocycles. The molecule has 0 nitrogen and oxygen atoms in total. The molecule has 0 saturated heterocycles. The lowest BCUT2D eigenvalue weighted by Gasteiger charge is -2.22. The Morgan fingerprint density at radius 2 is 1.67 bits per heavy atom. The van der Waals surface area contributed by atoms with Crippen LogP contribution in [0.25, 0.3) is 0 Å². The van der Waals surface area contributed by atoms with Crippen LogP contribution in [0.15, 0.2) is 11.1 Å². The van der Waals surface area contributed by atoms with Crippen molar-refractivity contribution in [3.63, 3.8) is 0 Å². The minimum atomic E-state index is 0.992. The summed E-state index contributed by atoms with van der Waals surface area (Å²) in [6.45, 7) is 2.44. The molecule has 4 aliphatic rings. The first-order chi connectivity index (χ1) is 7.33. The monoisotopic (exact) mass is 202 g/mol. The van der Waals surface area contributed by atoms with Gasteiger partial charge in [0, 0.05) is 5.92 Å². The van der Waals surface area contributed by atoms with E-state index in [1.54, 1.807) is 25.7 Å². The van der Waals surface area contributed by atoms with Crippen molar-refractivity contribution in [2.75, 3.05) is 0 Å². The van der Waals surface area contributed by atoms with Gasteiger partial charge in [-0.05, 0) is 68.6 Å². The summed E-state index contributed by atoms with van der Waals surface area (Å²) >= 11 is 0. The number of allylic oxidation sites excluding steroid dienone is 2. The summed E-state index contributed by atoms with van der Waals surface area (Å²) in [4.78, 5) is 0. The van der Waals surface area contributed by atoms with Gasteiger partial charge in [-0.25, -0.2) is 0 Å². The zero-order valence-electron chi connectivity index (χ0n) is 9.84. The van der Waals surface area contributed by atoms with Crippen LogP contribution in [0.4, 0.5) is 0 Å². The van der Waals surface area contributed by atoms with E-state index in [0.29, 0.717) is 0 Å². The van der Waals surface area contributed by atoms with Gasteiger partial charge in [-0.15, -0.1) is 0 Å². The van der Waals surface area contributed by atoms with Crippen LogP contribution in [0.1, 0.15) is 51.9 Å². The maximum absolute atomic E-state index is 2.44. The van der Waals surface area contributed by atoms with Crippen molar-refractivity contribution in [2.45, 2.75) is 51.9 Å². The molecular weight excluding hydrogens is 180 g/mol. The van der Waals surface area contributed by atoms with Crippen LogP contribution in [0.2, 0.25) is 0 Å². The molecule has 0 aliphatic heterocycles. The molecule has 2 fully saturated rings. The molecule has 2 saturated carbocycles. The highest BCUT2D eigenvalue weighted by molar-refractivity contribution is 5.44. The van der Waals surface area contributed by atoms with Gasteiger partial charge >= 0.3 is 0 Å². The fourth-order valence-corrected chi connectivity index (χ4v) is 4.55. The third-order valence-corrected chi connectivity index (χ3v) is 5.61. The van der Waals surface area contributed by atoms with E-state index in [1.807, 2.05) is 11.1 Å². The summed E-state index contributed by atoms with van der Waals surface area (Å²) in [5.74, 6) is 5.48. The minimum absolute atomic E-state index is 0.992. The van der Waals surface area contributed by atoms with Gasteiger partial charge < -0.3 is 0 Å². The van der Waals surface area contributed by atoms with Crippen molar-refractivity contribution in [3.05, 3.63) is 11.1 Å². The quantitative estimate of drug-likeness (QED) is 0.560.